The highest BCUT2D eigenvalue weighted by molar-refractivity contribution is 5.83. The zero-order chi connectivity index (χ0) is 18.7. The molecule has 1 unspecified atom stereocenters. The normalized spacial score (nSPS) is 20.3. The van der Waals surface area contributed by atoms with Crippen molar-refractivity contribution in [2.45, 2.75) is 45.6 Å². The number of aromatic amines is 1. The molecule has 3 heteroatoms. The SMILES string of the molecule is CCC1(CCc2cc3ccccc3[nH]2)CCCN(Cc2ccccc2)C1=O. The molecule has 0 spiro atoms. The van der Waals surface area contributed by atoms with Crippen LogP contribution >= 0.6 is 0 Å². The topological polar surface area (TPSA) is 36.1 Å². The number of nitrogens with one attached hydrogen (secondary N) is 1. The fourth-order valence-corrected chi connectivity index (χ4v) is 4.49. The lowest BCUT2D eigenvalue weighted by molar-refractivity contribution is -0.148. The van der Waals surface area contributed by atoms with Gasteiger partial charge in [-0.2, -0.15) is 0 Å². The summed E-state index contributed by atoms with van der Waals surface area (Å²) in [7, 11) is 0. The van der Waals surface area contributed by atoms with Gasteiger partial charge in [-0.3, -0.25) is 4.79 Å². The summed E-state index contributed by atoms with van der Waals surface area (Å²) in [4.78, 5) is 19.0. The van der Waals surface area contributed by atoms with Gasteiger partial charge in [-0.25, -0.2) is 0 Å². The number of amides is 1. The average Bonchev–Trinajstić information content (AvgIpc) is 3.13. The van der Waals surface area contributed by atoms with Crippen molar-refractivity contribution < 1.29 is 4.79 Å². The first-order valence-electron chi connectivity index (χ1n) is 10.1. The number of likely N-dealkylation sites (tertiary alicyclic amines) is 1. The van der Waals surface area contributed by atoms with E-state index in [9.17, 15) is 4.79 Å². The number of nitrogens with zero attached hydrogens (tertiary/aromatic N) is 1. The number of rotatable bonds is 6. The number of para-hydroxylation sites is 1. The van der Waals surface area contributed by atoms with E-state index in [-0.39, 0.29) is 5.41 Å². The largest absolute Gasteiger partial charge is 0.358 e. The Bertz CT molecular complexity index is 881. The predicted octanol–water partition coefficient (Wildman–Crippen LogP) is 5.32. The molecule has 3 nitrogen and oxygen atoms in total. The van der Waals surface area contributed by atoms with Crippen LogP contribution in [0.4, 0.5) is 0 Å². The highest BCUT2D eigenvalue weighted by Gasteiger charge is 2.41. The first-order valence-corrected chi connectivity index (χ1v) is 10.1. The van der Waals surface area contributed by atoms with Crippen molar-refractivity contribution in [3.8, 4) is 0 Å². The molecular formula is C24H28N2O. The molecule has 0 saturated carbocycles. The molecule has 1 aromatic heterocycles. The quantitative estimate of drug-likeness (QED) is 0.634. The Labute approximate surface area is 161 Å². The number of fused-ring (bicyclic) bond motifs is 1. The molecule has 27 heavy (non-hydrogen) atoms. The van der Waals surface area contributed by atoms with Crippen LogP contribution in [-0.4, -0.2) is 22.3 Å². The Hall–Kier alpha value is -2.55. The molecule has 1 aliphatic heterocycles. The molecule has 4 rings (SSSR count). The number of hydrogen-bond acceptors (Lipinski definition) is 1. The van der Waals surface area contributed by atoms with Crippen LogP contribution in [-0.2, 0) is 17.8 Å². The highest BCUT2D eigenvalue weighted by Crippen LogP contribution is 2.39. The van der Waals surface area contributed by atoms with Crippen LogP contribution in [0.1, 0.15) is 43.9 Å². The molecule has 0 bridgehead atoms. The molecule has 1 aliphatic rings. The first kappa shape index (κ1) is 17.8. The number of H-pyrrole nitrogens is 1. The molecule has 0 aliphatic carbocycles. The number of piperidine rings is 1. The average molecular weight is 361 g/mol. The predicted molar refractivity (Wildman–Crippen MR) is 110 cm³/mol. The van der Waals surface area contributed by atoms with Gasteiger partial charge in [0, 0.05) is 29.7 Å². The molecule has 3 aromatic rings. The second-order valence-electron chi connectivity index (χ2n) is 7.83. The zero-order valence-corrected chi connectivity index (χ0v) is 16.1. The molecule has 1 saturated heterocycles. The lowest BCUT2D eigenvalue weighted by atomic mass is 9.73. The van der Waals surface area contributed by atoms with Crippen LogP contribution in [0.25, 0.3) is 10.9 Å². The van der Waals surface area contributed by atoms with Crippen LogP contribution in [0.5, 0.6) is 0 Å². The van der Waals surface area contributed by atoms with Crippen LogP contribution in [0, 0.1) is 5.41 Å². The number of benzene rings is 2. The van der Waals surface area contributed by atoms with Gasteiger partial charge < -0.3 is 9.88 Å². The Morgan fingerprint density at radius 3 is 2.63 bits per heavy atom. The maximum atomic E-state index is 13.4. The van der Waals surface area contributed by atoms with Crippen LogP contribution in [0.15, 0.2) is 60.7 Å². The summed E-state index contributed by atoms with van der Waals surface area (Å²) in [6.07, 6.45) is 4.86. The number of carbonyl (C=O) groups excluding carboxylic acids is 1. The van der Waals surface area contributed by atoms with Gasteiger partial charge in [0.05, 0.1) is 0 Å². The highest BCUT2D eigenvalue weighted by atomic mass is 16.2. The molecule has 1 fully saturated rings. The van der Waals surface area contributed by atoms with E-state index in [0.717, 1.165) is 45.2 Å². The van der Waals surface area contributed by atoms with Gasteiger partial charge in [-0.15, -0.1) is 0 Å². The summed E-state index contributed by atoms with van der Waals surface area (Å²) in [6, 6.07) is 21.0. The smallest absolute Gasteiger partial charge is 0.229 e. The second kappa shape index (κ2) is 7.59. The minimum absolute atomic E-state index is 0.218. The lowest BCUT2D eigenvalue weighted by Gasteiger charge is -2.41. The molecule has 1 N–H and O–H groups in total. The maximum Gasteiger partial charge on any atom is 0.229 e. The number of carbonyl (C=O) groups is 1. The summed E-state index contributed by atoms with van der Waals surface area (Å²) in [5.41, 5.74) is 3.41. The van der Waals surface area contributed by atoms with Crippen molar-refractivity contribution in [1.29, 1.82) is 0 Å². The van der Waals surface area contributed by atoms with E-state index < -0.39 is 0 Å². The summed E-state index contributed by atoms with van der Waals surface area (Å²) in [5, 5.41) is 1.25. The van der Waals surface area contributed by atoms with E-state index in [1.807, 2.05) is 18.2 Å². The van der Waals surface area contributed by atoms with Gasteiger partial charge >= 0.3 is 0 Å². The zero-order valence-electron chi connectivity index (χ0n) is 16.1. The van der Waals surface area contributed by atoms with Crippen molar-refractivity contribution >= 4 is 16.8 Å². The third-order valence-corrected chi connectivity index (χ3v) is 6.18. The molecule has 140 valence electrons. The van der Waals surface area contributed by atoms with Crippen molar-refractivity contribution in [1.82, 2.24) is 9.88 Å². The third kappa shape index (κ3) is 3.64. The van der Waals surface area contributed by atoms with Gasteiger partial charge in [0.25, 0.3) is 0 Å². The number of aryl methyl sites for hydroxylation is 1. The second-order valence-corrected chi connectivity index (χ2v) is 7.83. The molecule has 0 radical (unpaired) electrons. The van der Waals surface area contributed by atoms with Crippen LogP contribution in [0.3, 0.4) is 0 Å². The Morgan fingerprint density at radius 2 is 1.85 bits per heavy atom. The maximum absolute atomic E-state index is 13.4. The lowest BCUT2D eigenvalue weighted by Crippen LogP contribution is -2.48. The van der Waals surface area contributed by atoms with E-state index in [4.69, 9.17) is 0 Å². The Kier molecular flexibility index (Phi) is 5.02. The number of hydrogen-bond donors (Lipinski definition) is 1. The minimum atomic E-state index is -0.218. The van der Waals surface area contributed by atoms with Gasteiger partial charge in [0.15, 0.2) is 0 Å². The van der Waals surface area contributed by atoms with E-state index in [0.29, 0.717) is 5.91 Å². The molecule has 1 atom stereocenters. The van der Waals surface area contributed by atoms with Gasteiger partial charge in [-0.05, 0) is 55.2 Å². The van der Waals surface area contributed by atoms with Crippen LogP contribution in [0.2, 0.25) is 0 Å². The molecule has 2 aromatic carbocycles. The van der Waals surface area contributed by atoms with Crippen LogP contribution < -0.4 is 0 Å². The Morgan fingerprint density at radius 1 is 1.07 bits per heavy atom. The van der Waals surface area contributed by atoms with E-state index >= 15 is 0 Å². The minimum Gasteiger partial charge on any atom is -0.358 e. The van der Waals surface area contributed by atoms with Crippen molar-refractivity contribution in [3.63, 3.8) is 0 Å². The Balaban J connectivity index is 1.49. The first-order chi connectivity index (χ1) is 13.2. The molecule has 1 amide bonds. The van der Waals surface area contributed by atoms with Gasteiger partial charge in [-0.1, -0.05) is 55.5 Å². The van der Waals surface area contributed by atoms with Crippen molar-refractivity contribution in [2.24, 2.45) is 5.41 Å². The molecular weight excluding hydrogens is 332 g/mol. The van der Waals surface area contributed by atoms with E-state index in [1.54, 1.807) is 0 Å². The summed E-state index contributed by atoms with van der Waals surface area (Å²) in [6.45, 7) is 3.78. The monoisotopic (exact) mass is 360 g/mol. The van der Waals surface area contributed by atoms with Crippen molar-refractivity contribution in [2.75, 3.05) is 6.54 Å². The third-order valence-electron chi connectivity index (χ3n) is 6.18. The fourth-order valence-electron chi connectivity index (χ4n) is 4.49. The van der Waals surface area contributed by atoms with E-state index in [2.05, 4.69) is 59.3 Å². The summed E-state index contributed by atoms with van der Waals surface area (Å²) in [5.74, 6) is 0.344. The number of aromatic nitrogens is 1. The molecule has 2 heterocycles. The standard InChI is InChI=1S/C24H28N2O/c1-2-24(15-13-21-17-20-11-6-7-12-22(20)25-21)14-8-16-26(23(24)27)18-19-9-4-3-5-10-19/h3-7,9-12,17,25H,2,8,13-16,18H2,1H3. The van der Waals surface area contributed by atoms with Gasteiger partial charge in [0.1, 0.15) is 0 Å². The van der Waals surface area contributed by atoms with Crippen molar-refractivity contribution in [3.05, 3.63) is 71.9 Å². The van der Waals surface area contributed by atoms with Gasteiger partial charge in [0.2, 0.25) is 5.91 Å². The summed E-state index contributed by atoms with van der Waals surface area (Å²) < 4.78 is 0. The summed E-state index contributed by atoms with van der Waals surface area (Å²) >= 11 is 0. The van der Waals surface area contributed by atoms with E-state index in [1.165, 1.54) is 22.2 Å². The fraction of sp³-hybridized carbons (Fsp3) is 0.375.